The molecule has 0 unspecified atom stereocenters. The first-order valence-corrected chi connectivity index (χ1v) is 11.7. The first-order chi connectivity index (χ1) is 15.9. The molecule has 0 aliphatic carbocycles. The Morgan fingerprint density at radius 3 is 2.97 bits per heavy atom. The molecule has 0 bridgehead atoms. The number of fused-ring (bicyclic) bond motifs is 1. The molecule has 1 aromatic carbocycles. The van der Waals surface area contributed by atoms with Gasteiger partial charge in [-0.25, -0.2) is 14.4 Å². The van der Waals surface area contributed by atoms with Gasteiger partial charge in [-0.15, -0.1) is 11.3 Å². The number of amides is 1. The van der Waals surface area contributed by atoms with Gasteiger partial charge in [-0.05, 0) is 49.4 Å². The maximum Gasteiger partial charge on any atom is 0.264 e. The number of nitrogens with zero attached hydrogens (tertiary/aromatic N) is 4. The van der Waals surface area contributed by atoms with Crippen molar-refractivity contribution < 1.29 is 13.6 Å². The molecule has 0 radical (unpaired) electrons. The number of aryl methyl sites for hydroxylation is 2. The monoisotopic (exact) mass is 466 g/mol. The number of oxazole rings is 1. The molecular weight excluding hydrogens is 443 g/mol. The van der Waals surface area contributed by atoms with Gasteiger partial charge in [-0.2, -0.15) is 0 Å². The Balaban J connectivity index is 1.44. The highest BCUT2D eigenvalue weighted by Gasteiger charge is 2.34. The molecular formula is C24H23FN4O3S. The predicted molar refractivity (Wildman–Crippen MR) is 123 cm³/mol. The van der Waals surface area contributed by atoms with Crippen molar-refractivity contribution in [3.05, 3.63) is 80.6 Å². The third-order valence-electron chi connectivity index (χ3n) is 6.09. The van der Waals surface area contributed by atoms with Crippen LogP contribution >= 0.6 is 11.3 Å². The quantitative estimate of drug-likeness (QED) is 0.446. The Hall–Kier alpha value is -3.33. The van der Waals surface area contributed by atoms with Gasteiger partial charge < -0.3 is 13.9 Å². The minimum absolute atomic E-state index is 0.132. The molecule has 7 nitrogen and oxygen atoms in total. The van der Waals surface area contributed by atoms with Crippen molar-refractivity contribution in [1.29, 1.82) is 0 Å². The topological polar surface area (TPSA) is 81.2 Å². The van der Waals surface area contributed by atoms with Crippen LogP contribution < -0.4 is 5.56 Å². The predicted octanol–water partition coefficient (Wildman–Crippen LogP) is 4.39. The zero-order valence-electron chi connectivity index (χ0n) is 18.4. The van der Waals surface area contributed by atoms with E-state index in [-0.39, 0.29) is 23.3 Å². The number of likely N-dealkylation sites (tertiary alicyclic amines) is 1. The normalized spacial score (nSPS) is 16.5. The number of carbonyl (C=O) groups excluding carboxylic acids is 1. The summed E-state index contributed by atoms with van der Waals surface area (Å²) in [6, 6.07) is 6.10. The Bertz CT molecular complexity index is 1410. The molecule has 1 fully saturated rings. The van der Waals surface area contributed by atoms with Crippen molar-refractivity contribution in [1.82, 2.24) is 19.4 Å². The molecule has 1 aliphatic heterocycles. The largest absolute Gasteiger partial charge is 0.443 e. The lowest BCUT2D eigenvalue weighted by atomic mass is 10.0. The van der Waals surface area contributed by atoms with Crippen LogP contribution in [-0.4, -0.2) is 31.9 Å². The van der Waals surface area contributed by atoms with Crippen LogP contribution in [0.25, 0.3) is 10.2 Å². The highest BCUT2D eigenvalue weighted by molar-refractivity contribution is 7.20. The van der Waals surface area contributed by atoms with Crippen molar-refractivity contribution in [2.45, 2.75) is 38.6 Å². The van der Waals surface area contributed by atoms with Gasteiger partial charge in [0.1, 0.15) is 22.4 Å². The summed E-state index contributed by atoms with van der Waals surface area (Å²) in [7, 11) is 1.65. The maximum atomic E-state index is 13.6. The van der Waals surface area contributed by atoms with Gasteiger partial charge in [0.2, 0.25) is 5.89 Å². The highest BCUT2D eigenvalue weighted by Crippen LogP contribution is 2.35. The lowest BCUT2D eigenvalue weighted by molar-refractivity contribution is 0.0574. The molecule has 1 aliphatic rings. The molecule has 33 heavy (non-hydrogen) atoms. The van der Waals surface area contributed by atoms with Crippen LogP contribution in [0.2, 0.25) is 0 Å². The van der Waals surface area contributed by atoms with Gasteiger partial charge in [0.25, 0.3) is 11.5 Å². The smallest absolute Gasteiger partial charge is 0.264 e. The molecule has 9 heteroatoms. The Morgan fingerprint density at radius 2 is 2.15 bits per heavy atom. The summed E-state index contributed by atoms with van der Waals surface area (Å²) in [6.07, 6.45) is 6.15. The van der Waals surface area contributed by atoms with Crippen molar-refractivity contribution in [3.63, 3.8) is 0 Å². The van der Waals surface area contributed by atoms with Crippen LogP contribution in [0.5, 0.6) is 0 Å². The summed E-state index contributed by atoms with van der Waals surface area (Å²) in [5, 5.41) is 0.496. The van der Waals surface area contributed by atoms with Gasteiger partial charge in [0, 0.05) is 20.0 Å². The average Bonchev–Trinajstić information content (AvgIpc) is 3.40. The number of benzene rings is 1. The molecule has 0 N–H and O–H groups in total. The summed E-state index contributed by atoms with van der Waals surface area (Å²) >= 11 is 1.25. The summed E-state index contributed by atoms with van der Waals surface area (Å²) < 4.78 is 21.0. The molecule has 4 aromatic rings. The van der Waals surface area contributed by atoms with Crippen molar-refractivity contribution >= 4 is 27.5 Å². The number of thiophene rings is 1. The number of aromatic nitrogens is 3. The third kappa shape index (κ3) is 3.97. The molecule has 0 spiro atoms. The highest BCUT2D eigenvalue weighted by atomic mass is 32.1. The van der Waals surface area contributed by atoms with Gasteiger partial charge in [-0.1, -0.05) is 12.1 Å². The summed E-state index contributed by atoms with van der Waals surface area (Å²) in [6.45, 7) is 2.39. The number of hydrogen-bond acceptors (Lipinski definition) is 6. The number of hydrogen-bond donors (Lipinski definition) is 0. The molecule has 1 amide bonds. The van der Waals surface area contributed by atoms with Crippen LogP contribution in [0.15, 0.2) is 46.0 Å². The van der Waals surface area contributed by atoms with E-state index in [1.807, 2.05) is 6.07 Å². The second-order valence-corrected chi connectivity index (χ2v) is 9.38. The van der Waals surface area contributed by atoms with E-state index < -0.39 is 0 Å². The van der Waals surface area contributed by atoms with E-state index in [2.05, 4.69) is 9.97 Å². The van der Waals surface area contributed by atoms with Crippen molar-refractivity contribution in [2.75, 3.05) is 6.54 Å². The van der Waals surface area contributed by atoms with Crippen LogP contribution in [0.1, 0.15) is 57.8 Å². The van der Waals surface area contributed by atoms with E-state index in [1.165, 1.54) is 34.4 Å². The van der Waals surface area contributed by atoms with E-state index in [9.17, 15) is 14.0 Å². The van der Waals surface area contributed by atoms with E-state index in [0.29, 0.717) is 45.3 Å². The molecule has 3 aromatic heterocycles. The Labute approximate surface area is 193 Å². The molecule has 1 saturated heterocycles. The Morgan fingerprint density at radius 1 is 1.30 bits per heavy atom. The fourth-order valence-corrected chi connectivity index (χ4v) is 5.48. The second kappa shape index (κ2) is 8.55. The van der Waals surface area contributed by atoms with Crippen LogP contribution in [0.3, 0.4) is 0 Å². The molecule has 170 valence electrons. The molecule has 0 saturated carbocycles. The number of carbonyl (C=O) groups is 1. The molecule has 4 heterocycles. The van der Waals surface area contributed by atoms with E-state index in [1.54, 1.807) is 31.1 Å². The average molecular weight is 467 g/mol. The minimum atomic E-state index is -0.292. The van der Waals surface area contributed by atoms with Gasteiger partial charge in [0.15, 0.2) is 0 Å². The fourth-order valence-electron chi connectivity index (χ4n) is 4.38. The summed E-state index contributed by atoms with van der Waals surface area (Å²) in [5.74, 6) is 0.688. The van der Waals surface area contributed by atoms with Gasteiger partial charge in [0.05, 0.1) is 22.8 Å². The second-order valence-electron chi connectivity index (χ2n) is 8.38. The van der Waals surface area contributed by atoms with E-state index in [0.717, 1.165) is 24.8 Å². The number of piperidine rings is 1. The summed E-state index contributed by atoms with van der Waals surface area (Å²) in [4.78, 5) is 37.9. The van der Waals surface area contributed by atoms with Crippen molar-refractivity contribution in [2.24, 2.45) is 7.05 Å². The molecule has 1 atom stereocenters. The van der Waals surface area contributed by atoms with E-state index in [4.69, 9.17) is 4.42 Å². The number of halogens is 1. The SMILES string of the molecule is Cc1c(C(=O)N2CCCC[C@@H]2c2ncc(Cc3cccc(F)c3)o2)sc2ncn(C)c(=O)c12. The van der Waals surface area contributed by atoms with Gasteiger partial charge in [-0.3, -0.25) is 9.59 Å². The first-order valence-electron chi connectivity index (χ1n) is 10.9. The lowest BCUT2D eigenvalue weighted by Gasteiger charge is -2.33. The zero-order valence-corrected chi connectivity index (χ0v) is 19.2. The minimum Gasteiger partial charge on any atom is -0.443 e. The van der Waals surface area contributed by atoms with E-state index >= 15 is 0 Å². The van der Waals surface area contributed by atoms with Crippen molar-refractivity contribution in [3.8, 4) is 0 Å². The molecule has 5 rings (SSSR count). The Kier molecular flexibility index (Phi) is 5.57. The number of rotatable bonds is 4. The maximum absolute atomic E-state index is 13.6. The fraction of sp³-hybridized carbons (Fsp3) is 0.333. The lowest BCUT2D eigenvalue weighted by Crippen LogP contribution is -2.38. The van der Waals surface area contributed by atoms with Crippen LogP contribution in [-0.2, 0) is 13.5 Å². The van der Waals surface area contributed by atoms with Crippen LogP contribution in [0.4, 0.5) is 4.39 Å². The standard InChI is InChI=1S/C24H23FN4O3S/c1-14-19-22(27-13-28(2)23(19)30)33-20(14)24(31)29-9-4-3-8-18(29)21-26-12-17(32-21)11-15-6-5-7-16(25)10-15/h5-7,10,12-13,18H,3-4,8-9,11H2,1-2H3/t18-/m1/s1. The van der Waals surface area contributed by atoms with Gasteiger partial charge >= 0.3 is 0 Å². The zero-order chi connectivity index (χ0) is 23.1. The summed E-state index contributed by atoms with van der Waals surface area (Å²) in [5.41, 5.74) is 1.30. The first kappa shape index (κ1) is 21.5. The third-order valence-corrected chi connectivity index (χ3v) is 7.28. The van der Waals surface area contributed by atoms with Crippen LogP contribution in [0, 0.1) is 12.7 Å².